The third-order valence-electron chi connectivity index (χ3n) is 2.79. The Labute approximate surface area is 82.9 Å². The molecule has 2 atom stereocenters. The fourth-order valence-corrected chi connectivity index (χ4v) is 1.92. The number of benzene rings is 1. The van der Waals surface area contributed by atoms with Crippen molar-refractivity contribution in [3.63, 3.8) is 0 Å². The van der Waals surface area contributed by atoms with Crippen molar-refractivity contribution in [3.05, 3.63) is 29.3 Å². The lowest BCUT2D eigenvalue weighted by Gasteiger charge is -2.25. The molecule has 14 heavy (non-hydrogen) atoms. The highest BCUT2D eigenvalue weighted by Gasteiger charge is 2.26. The first-order valence-corrected chi connectivity index (χ1v) is 4.79. The SMILES string of the molecule is COc1ccc2c(c1)CC[C@@H](F)[C@@H]2N. The maximum absolute atomic E-state index is 13.3. The molecule has 0 amide bonds. The monoisotopic (exact) mass is 195 g/mol. The second-order valence-electron chi connectivity index (χ2n) is 3.65. The Kier molecular flexibility index (Phi) is 2.42. The lowest BCUT2D eigenvalue weighted by Crippen LogP contribution is -2.28. The Hall–Kier alpha value is -1.09. The van der Waals surface area contributed by atoms with Crippen LogP contribution in [0.1, 0.15) is 23.6 Å². The highest BCUT2D eigenvalue weighted by atomic mass is 19.1. The van der Waals surface area contributed by atoms with Gasteiger partial charge in [-0.2, -0.15) is 0 Å². The smallest absolute Gasteiger partial charge is 0.120 e. The molecule has 1 aromatic rings. The highest BCUT2D eigenvalue weighted by molar-refractivity contribution is 5.39. The summed E-state index contributed by atoms with van der Waals surface area (Å²) in [6, 6.07) is 5.17. The van der Waals surface area contributed by atoms with Gasteiger partial charge in [0, 0.05) is 0 Å². The van der Waals surface area contributed by atoms with Gasteiger partial charge >= 0.3 is 0 Å². The number of hydrogen-bond donors (Lipinski definition) is 1. The molecule has 2 N–H and O–H groups in total. The molecule has 0 bridgehead atoms. The lowest BCUT2D eigenvalue weighted by atomic mass is 9.87. The first-order valence-electron chi connectivity index (χ1n) is 4.79. The van der Waals surface area contributed by atoms with Crippen LogP contribution in [0.15, 0.2) is 18.2 Å². The lowest BCUT2D eigenvalue weighted by molar-refractivity contribution is 0.254. The molecule has 0 aliphatic heterocycles. The minimum Gasteiger partial charge on any atom is -0.497 e. The van der Waals surface area contributed by atoms with Gasteiger partial charge in [0.25, 0.3) is 0 Å². The van der Waals surface area contributed by atoms with E-state index in [4.69, 9.17) is 10.5 Å². The van der Waals surface area contributed by atoms with E-state index in [0.29, 0.717) is 6.42 Å². The molecule has 1 aliphatic rings. The van der Waals surface area contributed by atoms with Crippen molar-refractivity contribution in [2.45, 2.75) is 25.1 Å². The van der Waals surface area contributed by atoms with Crippen LogP contribution in [0.25, 0.3) is 0 Å². The zero-order valence-corrected chi connectivity index (χ0v) is 8.16. The average Bonchev–Trinajstić information content (AvgIpc) is 2.23. The number of aryl methyl sites for hydroxylation is 1. The number of alkyl halides is 1. The van der Waals surface area contributed by atoms with E-state index in [9.17, 15) is 4.39 Å². The molecule has 0 aromatic heterocycles. The Morgan fingerprint density at radius 3 is 3.00 bits per heavy atom. The molecule has 1 aromatic carbocycles. The Morgan fingerprint density at radius 1 is 1.50 bits per heavy atom. The van der Waals surface area contributed by atoms with Gasteiger partial charge in [0.05, 0.1) is 13.2 Å². The van der Waals surface area contributed by atoms with E-state index >= 15 is 0 Å². The van der Waals surface area contributed by atoms with Crippen LogP contribution in [0.2, 0.25) is 0 Å². The molecular formula is C11H14FNO. The van der Waals surface area contributed by atoms with Crippen molar-refractivity contribution in [1.29, 1.82) is 0 Å². The number of rotatable bonds is 1. The van der Waals surface area contributed by atoms with Gasteiger partial charge in [0.15, 0.2) is 0 Å². The predicted molar refractivity (Wildman–Crippen MR) is 53.1 cm³/mol. The maximum atomic E-state index is 13.3. The second-order valence-corrected chi connectivity index (χ2v) is 3.65. The average molecular weight is 195 g/mol. The summed E-state index contributed by atoms with van der Waals surface area (Å²) in [5.74, 6) is 0.813. The number of hydrogen-bond acceptors (Lipinski definition) is 2. The van der Waals surface area contributed by atoms with Crippen molar-refractivity contribution in [2.75, 3.05) is 7.11 Å². The van der Waals surface area contributed by atoms with E-state index in [1.807, 2.05) is 18.2 Å². The van der Waals surface area contributed by atoms with Gasteiger partial charge in [-0.05, 0) is 36.1 Å². The minimum absolute atomic E-state index is 0.468. The van der Waals surface area contributed by atoms with Crippen LogP contribution in [0.4, 0.5) is 4.39 Å². The fraction of sp³-hybridized carbons (Fsp3) is 0.455. The normalized spacial score (nSPS) is 25.6. The molecule has 76 valence electrons. The molecule has 0 saturated heterocycles. The van der Waals surface area contributed by atoms with Crippen molar-refractivity contribution in [1.82, 2.24) is 0 Å². The molecule has 0 heterocycles. The molecule has 2 nitrogen and oxygen atoms in total. The van der Waals surface area contributed by atoms with Gasteiger partial charge in [-0.1, -0.05) is 6.07 Å². The summed E-state index contributed by atoms with van der Waals surface area (Å²) in [5.41, 5.74) is 7.80. The molecular weight excluding hydrogens is 181 g/mol. The third-order valence-corrected chi connectivity index (χ3v) is 2.79. The zero-order valence-electron chi connectivity index (χ0n) is 8.16. The van der Waals surface area contributed by atoms with E-state index in [-0.39, 0.29) is 0 Å². The van der Waals surface area contributed by atoms with Gasteiger partial charge in [0.1, 0.15) is 11.9 Å². The largest absolute Gasteiger partial charge is 0.497 e. The number of nitrogens with two attached hydrogens (primary N) is 1. The zero-order chi connectivity index (χ0) is 10.1. The van der Waals surface area contributed by atoms with Crippen LogP contribution in [-0.2, 0) is 6.42 Å². The van der Waals surface area contributed by atoms with Crippen LogP contribution >= 0.6 is 0 Å². The van der Waals surface area contributed by atoms with E-state index in [1.165, 1.54) is 0 Å². The molecule has 3 heteroatoms. The second kappa shape index (κ2) is 3.58. The van der Waals surface area contributed by atoms with Gasteiger partial charge in [-0.15, -0.1) is 0 Å². The summed E-state index contributed by atoms with van der Waals surface area (Å²) in [7, 11) is 1.63. The van der Waals surface area contributed by atoms with Crippen molar-refractivity contribution in [2.24, 2.45) is 5.73 Å². The standard InChI is InChI=1S/C11H14FNO/c1-14-8-3-4-9-7(6-8)2-5-10(12)11(9)13/h3-4,6,10-11H,2,5,13H2,1H3/t10-,11-/m1/s1. The maximum Gasteiger partial charge on any atom is 0.120 e. The quantitative estimate of drug-likeness (QED) is 0.743. The summed E-state index contributed by atoms with van der Waals surface area (Å²) in [5, 5.41) is 0. The summed E-state index contributed by atoms with van der Waals surface area (Å²) < 4.78 is 18.4. The fourth-order valence-electron chi connectivity index (χ4n) is 1.92. The van der Waals surface area contributed by atoms with E-state index < -0.39 is 12.2 Å². The molecule has 0 saturated carbocycles. The minimum atomic E-state index is -0.907. The molecule has 2 rings (SSSR count). The topological polar surface area (TPSA) is 35.2 Å². The molecule has 0 fully saturated rings. The van der Waals surface area contributed by atoms with E-state index in [2.05, 4.69) is 0 Å². The first-order chi connectivity index (χ1) is 6.72. The van der Waals surface area contributed by atoms with Crippen LogP contribution in [0.3, 0.4) is 0 Å². The first kappa shape index (κ1) is 9.46. The van der Waals surface area contributed by atoms with Crippen molar-refractivity contribution in [3.8, 4) is 5.75 Å². The Bertz CT molecular complexity index is 340. The molecule has 0 spiro atoms. The van der Waals surface area contributed by atoms with Crippen LogP contribution < -0.4 is 10.5 Å². The van der Waals surface area contributed by atoms with E-state index in [1.54, 1.807) is 7.11 Å². The van der Waals surface area contributed by atoms with Gasteiger partial charge in [-0.25, -0.2) is 4.39 Å². The number of fused-ring (bicyclic) bond motifs is 1. The summed E-state index contributed by atoms with van der Waals surface area (Å²) in [6.45, 7) is 0. The molecule has 0 radical (unpaired) electrons. The van der Waals surface area contributed by atoms with Gasteiger partial charge in [-0.3, -0.25) is 0 Å². The van der Waals surface area contributed by atoms with Crippen LogP contribution in [0, 0.1) is 0 Å². The predicted octanol–water partition coefficient (Wildman–Crippen LogP) is 1.98. The van der Waals surface area contributed by atoms with Crippen molar-refractivity contribution >= 4 is 0 Å². The van der Waals surface area contributed by atoms with Gasteiger partial charge < -0.3 is 10.5 Å². The Balaban J connectivity index is 2.38. The van der Waals surface area contributed by atoms with E-state index in [0.717, 1.165) is 23.3 Å². The number of methoxy groups -OCH3 is 1. The summed E-state index contributed by atoms with van der Waals surface area (Å²) in [4.78, 5) is 0. The summed E-state index contributed by atoms with van der Waals surface area (Å²) in [6.07, 6.45) is 0.360. The summed E-state index contributed by atoms with van der Waals surface area (Å²) >= 11 is 0. The third kappa shape index (κ3) is 1.48. The molecule has 0 unspecified atom stereocenters. The Morgan fingerprint density at radius 2 is 2.29 bits per heavy atom. The molecule has 1 aliphatic carbocycles. The van der Waals surface area contributed by atoms with Crippen molar-refractivity contribution < 1.29 is 9.13 Å². The van der Waals surface area contributed by atoms with Crippen LogP contribution in [0.5, 0.6) is 5.75 Å². The van der Waals surface area contributed by atoms with Gasteiger partial charge in [0.2, 0.25) is 0 Å². The van der Waals surface area contributed by atoms with Crippen LogP contribution in [-0.4, -0.2) is 13.3 Å². The number of ether oxygens (including phenoxy) is 1. The number of halogens is 1. The highest BCUT2D eigenvalue weighted by Crippen LogP contribution is 2.32.